The van der Waals surface area contributed by atoms with E-state index < -0.39 is 0 Å². The molecule has 23 heavy (non-hydrogen) atoms. The molecule has 4 rings (SSSR count). The van der Waals surface area contributed by atoms with E-state index in [1.165, 1.54) is 5.56 Å². The van der Waals surface area contributed by atoms with Crippen molar-refractivity contribution in [2.24, 2.45) is 5.41 Å². The van der Waals surface area contributed by atoms with Gasteiger partial charge in [-0.15, -0.1) is 0 Å². The second kappa shape index (κ2) is 5.53. The average Bonchev–Trinajstić information content (AvgIpc) is 2.97. The number of thiophene rings is 1. The van der Waals surface area contributed by atoms with Crippen LogP contribution in [0.3, 0.4) is 0 Å². The van der Waals surface area contributed by atoms with Crippen molar-refractivity contribution in [2.45, 2.75) is 32.3 Å². The first-order valence-electron chi connectivity index (χ1n) is 7.85. The molecule has 1 saturated carbocycles. The molecule has 2 heterocycles. The molecular weight excluding hydrogens is 330 g/mol. The number of nitrogens with one attached hydrogen (secondary N) is 1. The Morgan fingerprint density at radius 3 is 2.96 bits per heavy atom. The van der Waals surface area contributed by atoms with Gasteiger partial charge in [0.25, 0.3) is 0 Å². The normalized spacial score (nSPS) is 20.7. The van der Waals surface area contributed by atoms with Gasteiger partial charge in [-0.2, -0.15) is 11.3 Å². The number of ether oxygens (including phenoxy) is 1. The highest BCUT2D eigenvalue weighted by Gasteiger charge is 2.45. The van der Waals surface area contributed by atoms with Crippen LogP contribution in [0.15, 0.2) is 29.0 Å². The van der Waals surface area contributed by atoms with E-state index in [-0.39, 0.29) is 17.4 Å². The first kappa shape index (κ1) is 15.0. The van der Waals surface area contributed by atoms with Crippen molar-refractivity contribution in [1.29, 1.82) is 0 Å². The summed E-state index contributed by atoms with van der Waals surface area (Å²) < 4.78 is 5.95. The number of fused-ring (bicyclic) bond motifs is 1. The third kappa shape index (κ3) is 2.86. The van der Waals surface area contributed by atoms with Gasteiger partial charge in [0.1, 0.15) is 11.9 Å². The molecule has 5 heteroatoms. The van der Waals surface area contributed by atoms with Gasteiger partial charge in [0.2, 0.25) is 5.91 Å². The molecule has 1 aromatic carbocycles. The number of hydrogen-bond donors (Lipinski definition) is 1. The Labute approximate surface area is 144 Å². The lowest BCUT2D eigenvalue weighted by atomic mass is 10.0. The van der Waals surface area contributed by atoms with E-state index in [9.17, 15) is 4.79 Å². The maximum atomic E-state index is 12.0. The zero-order chi connectivity index (χ0) is 16.0. The molecule has 1 aromatic heterocycles. The molecule has 0 saturated heterocycles. The van der Waals surface area contributed by atoms with Crippen LogP contribution in [0.25, 0.3) is 11.1 Å². The Balaban J connectivity index is 1.46. The smallest absolute Gasteiger partial charge is 0.226 e. The molecule has 1 fully saturated rings. The third-order valence-electron chi connectivity index (χ3n) is 4.75. The van der Waals surface area contributed by atoms with Crippen molar-refractivity contribution in [3.63, 3.8) is 0 Å². The summed E-state index contributed by atoms with van der Waals surface area (Å²) in [5.41, 5.74) is 3.28. The van der Waals surface area contributed by atoms with Crippen molar-refractivity contribution in [1.82, 2.24) is 5.32 Å². The van der Waals surface area contributed by atoms with E-state index in [0.717, 1.165) is 36.1 Å². The van der Waals surface area contributed by atoms with Crippen LogP contribution in [0.2, 0.25) is 5.02 Å². The molecule has 1 amide bonds. The molecule has 0 spiro atoms. The summed E-state index contributed by atoms with van der Waals surface area (Å²) in [6, 6.07) is 6.19. The number of carbonyl (C=O) groups excluding carboxylic acids is 1. The van der Waals surface area contributed by atoms with Crippen LogP contribution in [-0.2, 0) is 11.2 Å². The number of hydrogen-bond acceptors (Lipinski definition) is 3. The summed E-state index contributed by atoms with van der Waals surface area (Å²) in [6.45, 7) is 2.55. The van der Waals surface area contributed by atoms with Crippen LogP contribution < -0.4 is 10.1 Å². The molecule has 0 bridgehead atoms. The fourth-order valence-corrected chi connectivity index (χ4v) is 3.88. The molecule has 1 aliphatic heterocycles. The lowest BCUT2D eigenvalue weighted by molar-refractivity contribution is -0.126. The molecule has 2 aliphatic rings. The fourth-order valence-electron chi connectivity index (χ4n) is 2.93. The third-order valence-corrected chi connectivity index (χ3v) is 5.71. The van der Waals surface area contributed by atoms with Gasteiger partial charge in [-0.05, 0) is 52.9 Å². The van der Waals surface area contributed by atoms with E-state index in [1.807, 2.05) is 13.0 Å². The summed E-state index contributed by atoms with van der Waals surface area (Å²) >= 11 is 8.07. The zero-order valence-corrected chi connectivity index (χ0v) is 14.5. The number of halogens is 1. The maximum absolute atomic E-state index is 12.0. The zero-order valence-electron chi connectivity index (χ0n) is 12.9. The van der Waals surface area contributed by atoms with Gasteiger partial charge in [0.05, 0.1) is 11.6 Å². The Bertz CT molecular complexity index is 753. The largest absolute Gasteiger partial charge is 0.486 e. The molecule has 0 radical (unpaired) electrons. The fraction of sp³-hybridized carbons (Fsp3) is 0.389. The van der Waals surface area contributed by atoms with Crippen LogP contribution in [0.1, 0.15) is 25.3 Å². The van der Waals surface area contributed by atoms with Gasteiger partial charge in [-0.1, -0.05) is 18.5 Å². The Morgan fingerprint density at radius 2 is 2.26 bits per heavy atom. The van der Waals surface area contributed by atoms with Crippen molar-refractivity contribution >= 4 is 28.8 Å². The van der Waals surface area contributed by atoms with Gasteiger partial charge < -0.3 is 10.1 Å². The second-order valence-corrected chi connectivity index (χ2v) is 7.86. The first-order chi connectivity index (χ1) is 11.0. The van der Waals surface area contributed by atoms with E-state index >= 15 is 0 Å². The predicted molar refractivity (Wildman–Crippen MR) is 93.2 cm³/mol. The number of amides is 1. The predicted octanol–water partition coefficient (Wildman–Crippen LogP) is 4.29. The topological polar surface area (TPSA) is 38.3 Å². The van der Waals surface area contributed by atoms with Crippen molar-refractivity contribution < 1.29 is 9.53 Å². The number of rotatable bonds is 4. The summed E-state index contributed by atoms with van der Waals surface area (Å²) in [5, 5.41) is 7.84. The molecule has 120 valence electrons. The molecule has 1 atom stereocenters. The van der Waals surface area contributed by atoms with E-state index in [1.54, 1.807) is 11.3 Å². The molecule has 3 nitrogen and oxygen atoms in total. The minimum absolute atomic E-state index is 0.0356. The van der Waals surface area contributed by atoms with Crippen molar-refractivity contribution in [3.8, 4) is 16.9 Å². The quantitative estimate of drug-likeness (QED) is 0.896. The Kier molecular flexibility index (Phi) is 3.62. The summed E-state index contributed by atoms with van der Waals surface area (Å²) in [7, 11) is 0. The van der Waals surface area contributed by atoms with Crippen LogP contribution >= 0.6 is 22.9 Å². The second-order valence-electron chi connectivity index (χ2n) is 6.67. The minimum Gasteiger partial charge on any atom is -0.486 e. The van der Waals surface area contributed by atoms with Crippen LogP contribution in [0.4, 0.5) is 0 Å². The molecule has 1 N–H and O–H groups in total. The molecular formula is C18H18ClNO2S. The van der Waals surface area contributed by atoms with Crippen molar-refractivity contribution in [2.75, 3.05) is 6.54 Å². The number of benzene rings is 1. The van der Waals surface area contributed by atoms with Gasteiger partial charge in [-0.25, -0.2) is 0 Å². The van der Waals surface area contributed by atoms with Gasteiger partial charge in [0, 0.05) is 17.4 Å². The van der Waals surface area contributed by atoms with E-state index in [4.69, 9.17) is 16.3 Å². The van der Waals surface area contributed by atoms with Gasteiger partial charge in [-0.3, -0.25) is 4.79 Å². The van der Waals surface area contributed by atoms with Crippen LogP contribution in [0, 0.1) is 5.41 Å². The van der Waals surface area contributed by atoms with E-state index in [0.29, 0.717) is 11.6 Å². The van der Waals surface area contributed by atoms with Crippen LogP contribution in [-0.4, -0.2) is 18.6 Å². The van der Waals surface area contributed by atoms with Gasteiger partial charge in [0.15, 0.2) is 0 Å². The maximum Gasteiger partial charge on any atom is 0.226 e. The first-order valence-corrected chi connectivity index (χ1v) is 9.17. The Hall–Kier alpha value is -1.52. The highest BCUT2D eigenvalue weighted by Crippen LogP contribution is 2.45. The average molecular weight is 348 g/mol. The summed E-state index contributed by atoms with van der Waals surface area (Å²) in [4.78, 5) is 12.0. The minimum atomic E-state index is -0.144. The van der Waals surface area contributed by atoms with Crippen molar-refractivity contribution in [3.05, 3.63) is 39.5 Å². The van der Waals surface area contributed by atoms with E-state index in [2.05, 4.69) is 28.2 Å². The Morgan fingerprint density at radius 1 is 1.43 bits per heavy atom. The van der Waals surface area contributed by atoms with Gasteiger partial charge >= 0.3 is 0 Å². The summed E-state index contributed by atoms with van der Waals surface area (Å²) in [6.07, 6.45) is 2.72. The molecule has 0 unspecified atom stereocenters. The lowest BCUT2D eigenvalue weighted by Crippen LogP contribution is -2.38. The molecule has 2 aromatic rings. The monoisotopic (exact) mass is 347 g/mol. The SMILES string of the molecule is CC1(C(=O)NC[C@@H]2Cc3cc(-c4ccsc4)cc(Cl)c3O2)CC1. The lowest BCUT2D eigenvalue weighted by Gasteiger charge is -2.14. The highest BCUT2D eigenvalue weighted by atomic mass is 35.5. The molecule has 1 aliphatic carbocycles. The van der Waals surface area contributed by atoms with Crippen LogP contribution in [0.5, 0.6) is 5.75 Å². The summed E-state index contributed by atoms with van der Waals surface area (Å²) in [5.74, 6) is 0.907. The highest BCUT2D eigenvalue weighted by molar-refractivity contribution is 7.08. The standard InChI is InChI=1S/C18H18ClNO2S/c1-18(3-4-18)17(21)20-9-14-7-13-6-12(11-2-5-23-10-11)8-15(19)16(13)22-14/h2,5-6,8,10,14H,3-4,7,9H2,1H3,(H,20,21)/t14-/m0/s1. The number of carbonyl (C=O) groups is 1.